The van der Waals surface area contributed by atoms with Crippen LogP contribution in [0.4, 0.5) is 0 Å². The van der Waals surface area contributed by atoms with Crippen LogP contribution < -0.4 is 10.1 Å². The van der Waals surface area contributed by atoms with Crippen LogP contribution in [0.25, 0.3) is 10.9 Å². The highest BCUT2D eigenvalue weighted by atomic mass is 35.5. The van der Waals surface area contributed by atoms with Crippen molar-refractivity contribution in [2.75, 3.05) is 6.54 Å². The number of amides is 1. The van der Waals surface area contributed by atoms with Gasteiger partial charge in [-0.1, -0.05) is 23.2 Å². The largest absolute Gasteiger partial charge is 0.480 e. The van der Waals surface area contributed by atoms with Gasteiger partial charge in [-0.15, -0.1) is 0 Å². The molecule has 1 unspecified atom stereocenters. The Labute approximate surface area is 155 Å². The summed E-state index contributed by atoms with van der Waals surface area (Å²) < 4.78 is 5.70. The molecule has 2 N–H and O–H groups in total. The first-order valence-electron chi connectivity index (χ1n) is 8.08. The van der Waals surface area contributed by atoms with Gasteiger partial charge < -0.3 is 15.0 Å². The number of H-pyrrole nitrogens is 1. The Hall–Kier alpha value is -2.17. The summed E-state index contributed by atoms with van der Waals surface area (Å²) in [5.41, 5.74) is 3.14. The number of aromatic amines is 1. The zero-order chi connectivity index (χ0) is 17.4. The molecular formula is C19H16Cl2N2O2. The molecule has 4 nitrogen and oxygen atoms in total. The highest BCUT2D eigenvalue weighted by Crippen LogP contribution is 2.31. The third-order valence-electron chi connectivity index (χ3n) is 4.41. The van der Waals surface area contributed by atoms with Crippen molar-refractivity contribution >= 4 is 40.0 Å². The molecule has 0 bridgehead atoms. The molecule has 1 aromatic heterocycles. The molecule has 2 aromatic carbocycles. The third-order valence-corrected chi connectivity index (χ3v) is 4.88. The Morgan fingerprint density at radius 1 is 1.20 bits per heavy atom. The van der Waals surface area contributed by atoms with Gasteiger partial charge in [-0.2, -0.15) is 0 Å². The van der Waals surface area contributed by atoms with Crippen LogP contribution in [-0.2, 0) is 17.6 Å². The molecule has 3 aromatic rings. The molecule has 2 heterocycles. The van der Waals surface area contributed by atoms with Crippen molar-refractivity contribution in [1.82, 2.24) is 10.3 Å². The van der Waals surface area contributed by atoms with Gasteiger partial charge in [0, 0.05) is 40.1 Å². The lowest BCUT2D eigenvalue weighted by atomic mass is 10.1. The van der Waals surface area contributed by atoms with E-state index >= 15 is 0 Å². The molecule has 0 aliphatic carbocycles. The molecule has 1 atom stereocenters. The van der Waals surface area contributed by atoms with Gasteiger partial charge in [-0.05, 0) is 53.9 Å². The maximum absolute atomic E-state index is 12.3. The number of hydrogen-bond acceptors (Lipinski definition) is 2. The van der Waals surface area contributed by atoms with Crippen LogP contribution in [0.2, 0.25) is 10.0 Å². The minimum atomic E-state index is -0.495. The molecule has 1 amide bonds. The second kappa shape index (κ2) is 6.62. The van der Waals surface area contributed by atoms with Crippen molar-refractivity contribution in [1.29, 1.82) is 0 Å². The van der Waals surface area contributed by atoms with Gasteiger partial charge in [-0.3, -0.25) is 4.79 Å². The Morgan fingerprint density at radius 2 is 2.00 bits per heavy atom. The van der Waals surface area contributed by atoms with Gasteiger partial charge >= 0.3 is 0 Å². The minimum Gasteiger partial charge on any atom is -0.480 e. The number of fused-ring (bicyclic) bond motifs is 2. The second-order valence-electron chi connectivity index (χ2n) is 6.11. The van der Waals surface area contributed by atoms with Crippen molar-refractivity contribution in [2.45, 2.75) is 18.9 Å². The van der Waals surface area contributed by atoms with E-state index in [0.29, 0.717) is 23.0 Å². The topological polar surface area (TPSA) is 54.1 Å². The lowest BCUT2D eigenvalue weighted by Gasteiger charge is -2.11. The number of hydrogen-bond donors (Lipinski definition) is 2. The Balaban J connectivity index is 1.36. The van der Waals surface area contributed by atoms with Crippen molar-refractivity contribution < 1.29 is 9.53 Å². The average molecular weight is 375 g/mol. The fourth-order valence-corrected chi connectivity index (χ4v) is 3.52. The fraction of sp³-hybridized carbons (Fsp3) is 0.211. The van der Waals surface area contributed by atoms with E-state index in [1.807, 2.05) is 30.5 Å². The number of halogens is 2. The highest BCUT2D eigenvalue weighted by molar-refractivity contribution is 6.31. The summed E-state index contributed by atoms with van der Waals surface area (Å²) in [4.78, 5) is 15.6. The summed E-state index contributed by atoms with van der Waals surface area (Å²) in [7, 11) is 0. The van der Waals surface area contributed by atoms with Gasteiger partial charge in [0.25, 0.3) is 5.91 Å². The van der Waals surface area contributed by atoms with E-state index in [2.05, 4.69) is 10.3 Å². The van der Waals surface area contributed by atoms with Crippen molar-refractivity contribution in [3.8, 4) is 5.75 Å². The fourth-order valence-electron chi connectivity index (χ4n) is 3.16. The maximum atomic E-state index is 12.3. The smallest absolute Gasteiger partial charge is 0.261 e. The van der Waals surface area contributed by atoms with Crippen LogP contribution in [0.3, 0.4) is 0 Å². The summed E-state index contributed by atoms with van der Waals surface area (Å²) in [5, 5.41) is 5.39. The van der Waals surface area contributed by atoms with Gasteiger partial charge in [-0.25, -0.2) is 0 Å². The monoisotopic (exact) mass is 374 g/mol. The normalized spacial score (nSPS) is 15.8. The zero-order valence-corrected chi connectivity index (χ0v) is 14.8. The molecule has 25 heavy (non-hydrogen) atoms. The van der Waals surface area contributed by atoms with Crippen LogP contribution in [0, 0.1) is 0 Å². The quantitative estimate of drug-likeness (QED) is 0.720. The van der Waals surface area contributed by atoms with E-state index in [-0.39, 0.29) is 5.91 Å². The van der Waals surface area contributed by atoms with E-state index < -0.39 is 6.10 Å². The molecule has 0 spiro atoms. The number of rotatable bonds is 4. The van der Waals surface area contributed by atoms with Crippen molar-refractivity contribution in [2.24, 2.45) is 0 Å². The predicted molar refractivity (Wildman–Crippen MR) is 99.6 cm³/mol. The standard InChI is InChI=1S/C19H16Cl2N2O2/c20-13-2-4-17-12(7-13)8-18(25-17)19(24)22-6-5-11-10-23-16-3-1-14(21)9-15(11)16/h1-4,7,9-10,18,23H,5-6,8H2,(H,22,24). The molecule has 6 heteroatoms. The minimum absolute atomic E-state index is 0.106. The van der Waals surface area contributed by atoms with Crippen LogP contribution in [0.15, 0.2) is 42.6 Å². The van der Waals surface area contributed by atoms with Gasteiger partial charge in [0.15, 0.2) is 6.10 Å². The molecule has 0 fully saturated rings. The maximum Gasteiger partial charge on any atom is 0.261 e. The number of aromatic nitrogens is 1. The molecular weight excluding hydrogens is 359 g/mol. The number of benzene rings is 2. The van der Waals surface area contributed by atoms with Crippen LogP contribution in [-0.4, -0.2) is 23.5 Å². The van der Waals surface area contributed by atoms with Crippen LogP contribution in [0.5, 0.6) is 5.75 Å². The van der Waals surface area contributed by atoms with Crippen molar-refractivity contribution in [3.63, 3.8) is 0 Å². The first-order valence-corrected chi connectivity index (χ1v) is 8.84. The van der Waals surface area contributed by atoms with E-state index in [9.17, 15) is 4.79 Å². The summed E-state index contributed by atoms with van der Waals surface area (Å²) in [6, 6.07) is 11.2. The Morgan fingerprint density at radius 3 is 2.88 bits per heavy atom. The first-order chi connectivity index (χ1) is 12.1. The molecule has 0 saturated heterocycles. The number of carbonyl (C=O) groups excluding carboxylic acids is 1. The Kier molecular flexibility index (Phi) is 4.32. The van der Waals surface area contributed by atoms with E-state index in [1.165, 1.54) is 0 Å². The predicted octanol–water partition coefficient (Wildman–Crippen LogP) is 4.14. The highest BCUT2D eigenvalue weighted by Gasteiger charge is 2.28. The summed E-state index contributed by atoms with van der Waals surface area (Å²) in [5.74, 6) is 0.626. The lowest BCUT2D eigenvalue weighted by molar-refractivity contribution is -0.127. The molecule has 0 radical (unpaired) electrons. The summed E-state index contributed by atoms with van der Waals surface area (Å²) >= 11 is 12.0. The summed E-state index contributed by atoms with van der Waals surface area (Å²) in [6.45, 7) is 0.537. The van der Waals surface area contributed by atoms with Gasteiger partial charge in [0.05, 0.1) is 0 Å². The molecule has 0 saturated carbocycles. The first kappa shape index (κ1) is 16.3. The lowest BCUT2D eigenvalue weighted by Crippen LogP contribution is -2.38. The number of nitrogens with one attached hydrogen (secondary N) is 2. The number of carbonyl (C=O) groups is 1. The summed E-state index contributed by atoms with van der Waals surface area (Å²) in [6.07, 6.45) is 2.73. The molecule has 1 aliphatic heterocycles. The molecule has 128 valence electrons. The second-order valence-corrected chi connectivity index (χ2v) is 6.98. The van der Waals surface area contributed by atoms with Crippen molar-refractivity contribution in [3.05, 3.63) is 63.8 Å². The van der Waals surface area contributed by atoms with E-state index in [0.717, 1.165) is 34.2 Å². The average Bonchev–Trinajstić information content (AvgIpc) is 3.18. The molecule has 1 aliphatic rings. The Bertz CT molecular complexity index is 952. The number of ether oxygens (including phenoxy) is 1. The zero-order valence-electron chi connectivity index (χ0n) is 13.3. The van der Waals surface area contributed by atoms with Crippen LogP contribution >= 0.6 is 23.2 Å². The molecule has 4 rings (SSSR count). The van der Waals surface area contributed by atoms with Crippen LogP contribution in [0.1, 0.15) is 11.1 Å². The van der Waals surface area contributed by atoms with E-state index in [4.69, 9.17) is 27.9 Å². The SMILES string of the molecule is O=C(NCCc1c[nH]c2ccc(Cl)cc12)C1Cc2cc(Cl)ccc2O1. The van der Waals surface area contributed by atoms with Gasteiger partial charge in [0.2, 0.25) is 0 Å². The van der Waals surface area contributed by atoms with Gasteiger partial charge in [0.1, 0.15) is 5.75 Å². The third kappa shape index (κ3) is 3.32. The van der Waals surface area contributed by atoms with E-state index in [1.54, 1.807) is 12.1 Å².